The fourth-order valence-corrected chi connectivity index (χ4v) is 3.77. The summed E-state index contributed by atoms with van der Waals surface area (Å²) in [6.45, 7) is 8.92. The van der Waals surface area contributed by atoms with Crippen molar-refractivity contribution in [1.29, 1.82) is 0 Å². The van der Waals surface area contributed by atoms with Crippen LogP contribution in [-0.4, -0.2) is 36.6 Å². The highest BCUT2D eigenvalue weighted by atomic mass is 16.6. The van der Waals surface area contributed by atoms with Crippen molar-refractivity contribution in [2.45, 2.75) is 52.3 Å². The molecule has 0 saturated carbocycles. The Hall–Kier alpha value is -3.35. The van der Waals surface area contributed by atoms with Gasteiger partial charge in [-0.2, -0.15) is 0 Å². The summed E-state index contributed by atoms with van der Waals surface area (Å²) in [6.07, 6.45) is -0.677. The van der Waals surface area contributed by atoms with E-state index in [0.29, 0.717) is 5.56 Å². The molecular formula is C25H31N3O4. The minimum Gasteiger partial charge on any atom is -0.444 e. The van der Waals surface area contributed by atoms with Crippen LogP contribution < -0.4 is 15.5 Å². The molecule has 0 bridgehead atoms. The third-order valence-electron chi connectivity index (χ3n) is 5.31. The molecular weight excluding hydrogens is 406 g/mol. The van der Waals surface area contributed by atoms with Crippen LogP contribution in [0.1, 0.15) is 46.2 Å². The van der Waals surface area contributed by atoms with Gasteiger partial charge in [-0.3, -0.25) is 9.59 Å². The second kappa shape index (κ2) is 9.02. The maximum Gasteiger partial charge on any atom is 0.408 e. The number of carbonyl (C=O) groups excluding carboxylic acids is 3. The Kier molecular flexibility index (Phi) is 6.57. The fraction of sp³-hybridized carbons (Fsp3) is 0.400. The van der Waals surface area contributed by atoms with Crippen molar-refractivity contribution < 1.29 is 19.1 Å². The number of hydrogen-bond donors (Lipinski definition) is 2. The molecule has 0 unspecified atom stereocenters. The van der Waals surface area contributed by atoms with Crippen molar-refractivity contribution in [3.8, 4) is 11.1 Å². The molecule has 3 rings (SSSR count). The van der Waals surface area contributed by atoms with Crippen molar-refractivity contribution in [3.63, 3.8) is 0 Å². The van der Waals surface area contributed by atoms with Gasteiger partial charge in [-0.15, -0.1) is 0 Å². The normalized spacial score (nSPS) is 16.5. The number of benzene rings is 2. The molecule has 170 valence electrons. The zero-order valence-electron chi connectivity index (χ0n) is 19.4. The lowest BCUT2D eigenvalue weighted by atomic mass is 9.94. The van der Waals surface area contributed by atoms with Gasteiger partial charge in [0.1, 0.15) is 17.7 Å². The number of rotatable bonds is 4. The molecule has 7 heteroatoms. The van der Waals surface area contributed by atoms with Gasteiger partial charge in [0.25, 0.3) is 5.91 Å². The Morgan fingerprint density at radius 3 is 2.22 bits per heavy atom. The summed E-state index contributed by atoms with van der Waals surface area (Å²) in [7, 11) is 1.70. The summed E-state index contributed by atoms with van der Waals surface area (Å²) in [5.74, 6) is -0.914. The Labute approximate surface area is 189 Å². The van der Waals surface area contributed by atoms with E-state index in [4.69, 9.17) is 4.74 Å². The van der Waals surface area contributed by atoms with E-state index in [-0.39, 0.29) is 11.8 Å². The van der Waals surface area contributed by atoms with Crippen molar-refractivity contribution in [1.82, 2.24) is 10.6 Å². The molecule has 0 spiro atoms. The minimum atomic E-state index is -0.891. The van der Waals surface area contributed by atoms with E-state index in [1.807, 2.05) is 62.4 Å². The monoisotopic (exact) mass is 437 g/mol. The molecule has 3 amide bonds. The quantitative estimate of drug-likeness (QED) is 0.756. The maximum atomic E-state index is 13.4. The molecule has 2 atom stereocenters. The molecule has 7 nitrogen and oxygen atoms in total. The second-order valence-electron chi connectivity index (χ2n) is 9.31. The Balaban J connectivity index is 1.92. The van der Waals surface area contributed by atoms with Gasteiger partial charge in [0.15, 0.2) is 0 Å². The van der Waals surface area contributed by atoms with Gasteiger partial charge in [0.2, 0.25) is 5.91 Å². The predicted molar refractivity (Wildman–Crippen MR) is 124 cm³/mol. The van der Waals surface area contributed by atoms with E-state index in [0.717, 1.165) is 16.8 Å². The average Bonchev–Trinajstić information content (AvgIpc) is 2.80. The lowest BCUT2D eigenvalue weighted by Gasteiger charge is -2.28. The SMILES string of the molecule is CC(C)[C@H](NC(=O)OC(C)(C)C)C(=O)N[C@H]1C(=O)N(C)c2ccccc2-c2ccccc21. The van der Waals surface area contributed by atoms with Gasteiger partial charge in [-0.1, -0.05) is 56.3 Å². The number of anilines is 1. The summed E-state index contributed by atoms with van der Waals surface area (Å²) in [5, 5.41) is 5.53. The summed E-state index contributed by atoms with van der Waals surface area (Å²) in [6, 6.07) is 13.4. The summed E-state index contributed by atoms with van der Waals surface area (Å²) >= 11 is 0. The lowest BCUT2D eigenvalue weighted by Crippen LogP contribution is -2.53. The zero-order chi connectivity index (χ0) is 23.6. The molecule has 0 aliphatic carbocycles. The minimum absolute atomic E-state index is 0.214. The molecule has 0 fully saturated rings. The molecule has 0 saturated heterocycles. The second-order valence-corrected chi connectivity index (χ2v) is 9.31. The van der Waals surface area contributed by atoms with E-state index in [9.17, 15) is 14.4 Å². The number of alkyl carbamates (subject to hydrolysis) is 1. The third kappa shape index (κ3) is 4.93. The first-order valence-electron chi connectivity index (χ1n) is 10.8. The molecule has 0 radical (unpaired) electrons. The van der Waals surface area contributed by atoms with Crippen LogP contribution in [0.25, 0.3) is 11.1 Å². The van der Waals surface area contributed by atoms with Gasteiger partial charge in [0, 0.05) is 12.6 Å². The largest absolute Gasteiger partial charge is 0.444 e. The number of fused-ring (bicyclic) bond motifs is 3. The van der Waals surface area contributed by atoms with Crippen molar-refractivity contribution in [2.75, 3.05) is 11.9 Å². The third-order valence-corrected chi connectivity index (χ3v) is 5.31. The molecule has 2 aromatic rings. The number of hydrogen-bond acceptors (Lipinski definition) is 4. The predicted octanol–water partition coefficient (Wildman–Crippen LogP) is 4.04. The topological polar surface area (TPSA) is 87.7 Å². The number of nitrogens with one attached hydrogen (secondary N) is 2. The van der Waals surface area contributed by atoms with Crippen LogP contribution in [0.3, 0.4) is 0 Å². The fourth-order valence-electron chi connectivity index (χ4n) is 3.77. The first kappa shape index (κ1) is 23.3. The van der Waals surface area contributed by atoms with E-state index in [2.05, 4.69) is 10.6 Å². The maximum absolute atomic E-state index is 13.4. The van der Waals surface area contributed by atoms with Gasteiger partial charge >= 0.3 is 6.09 Å². The first-order chi connectivity index (χ1) is 15.0. The van der Waals surface area contributed by atoms with Crippen LogP contribution >= 0.6 is 0 Å². The lowest BCUT2D eigenvalue weighted by molar-refractivity contribution is -0.129. The number of nitrogens with zero attached hydrogens (tertiary/aromatic N) is 1. The Bertz CT molecular complexity index is 1030. The van der Waals surface area contributed by atoms with Crippen LogP contribution in [0.15, 0.2) is 48.5 Å². The Morgan fingerprint density at radius 2 is 1.59 bits per heavy atom. The first-order valence-corrected chi connectivity index (χ1v) is 10.8. The van der Waals surface area contributed by atoms with Crippen molar-refractivity contribution >= 4 is 23.6 Å². The molecule has 2 aromatic carbocycles. The van der Waals surface area contributed by atoms with E-state index < -0.39 is 29.7 Å². The van der Waals surface area contributed by atoms with E-state index in [1.165, 1.54) is 0 Å². The average molecular weight is 438 g/mol. The molecule has 1 heterocycles. The molecule has 2 N–H and O–H groups in total. The summed E-state index contributed by atoms with van der Waals surface area (Å²) < 4.78 is 5.31. The molecule has 32 heavy (non-hydrogen) atoms. The smallest absolute Gasteiger partial charge is 0.408 e. The number of amides is 3. The number of ether oxygens (including phenoxy) is 1. The van der Waals surface area contributed by atoms with Gasteiger partial charge in [0.05, 0.1) is 5.69 Å². The van der Waals surface area contributed by atoms with Crippen LogP contribution in [-0.2, 0) is 14.3 Å². The van der Waals surface area contributed by atoms with E-state index in [1.54, 1.807) is 32.7 Å². The highest BCUT2D eigenvalue weighted by Crippen LogP contribution is 2.39. The van der Waals surface area contributed by atoms with Crippen molar-refractivity contribution in [2.24, 2.45) is 5.92 Å². The molecule has 1 aliphatic rings. The number of carbonyl (C=O) groups is 3. The number of likely N-dealkylation sites (N-methyl/N-ethyl adjacent to an activating group) is 1. The summed E-state index contributed by atoms with van der Waals surface area (Å²) in [5.41, 5.74) is 2.60. The van der Waals surface area contributed by atoms with Gasteiger partial charge in [-0.05, 0) is 43.9 Å². The van der Waals surface area contributed by atoms with Gasteiger partial charge < -0.3 is 20.3 Å². The number of para-hydroxylation sites is 1. The zero-order valence-corrected chi connectivity index (χ0v) is 19.4. The highest BCUT2D eigenvalue weighted by molar-refractivity contribution is 6.06. The van der Waals surface area contributed by atoms with E-state index >= 15 is 0 Å². The van der Waals surface area contributed by atoms with Crippen molar-refractivity contribution in [3.05, 3.63) is 54.1 Å². The Morgan fingerprint density at radius 1 is 1.00 bits per heavy atom. The van der Waals surface area contributed by atoms with Crippen LogP contribution in [0.5, 0.6) is 0 Å². The van der Waals surface area contributed by atoms with Crippen LogP contribution in [0.4, 0.5) is 10.5 Å². The van der Waals surface area contributed by atoms with Crippen LogP contribution in [0.2, 0.25) is 0 Å². The molecule has 0 aromatic heterocycles. The van der Waals surface area contributed by atoms with Gasteiger partial charge in [-0.25, -0.2) is 4.79 Å². The molecule has 1 aliphatic heterocycles. The van der Waals surface area contributed by atoms with Crippen LogP contribution in [0, 0.1) is 5.92 Å². The summed E-state index contributed by atoms with van der Waals surface area (Å²) in [4.78, 5) is 40.5. The highest BCUT2D eigenvalue weighted by Gasteiger charge is 2.36. The standard InChI is InChI=1S/C25H31N3O4/c1-15(2)20(27-24(31)32-25(3,4)5)22(29)26-21-18-13-8-7-11-16(18)17-12-9-10-14-19(17)28(6)23(21)30/h7-15,20-21H,1-6H3,(H,26,29)(H,27,31)/t20-,21+/m0/s1.